The summed E-state index contributed by atoms with van der Waals surface area (Å²) < 4.78 is 0. The molecule has 2 aromatic carbocycles. The van der Waals surface area contributed by atoms with Gasteiger partial charge in [-0.05, 0) is 42.4 Å². The Morgan fingerprint density at radius 1 is 0.963 bits per heavy atom. The first kappa shape index (κ1) is 18.1. The normalized spacial score (nSPS) is 20.2. The molecule has 1 fully saturated rings. The molecular formula is C23H29N3O. The number of fused-ring (bicyclic) bond motifs is 1. The van der Waals surface area contributed by atoms with Crippen LogP contribution >= 0.6 is 0 Å². The molecule has 2 aromatic rings. The lowest BCUT2D eigenvalue weighted by atomic mass is 10.0. The molecule has 2 N–H and O–H groups in total. The number of benzene rings is 2. The van der Waals surface area contributed by atoms with E-state index in [2.05, 4.69) is 70.1 Å². The minimum Gasteiger partial charge on any atom is -0.338 e. The van der Waals surface area contributed by atoms with Gasteiger partial charge >= 0.3 is 6.03 Å². The van der Waals surface area contributed by atoms with Crippen LogP contribution < -0.4 is 10.6 Å². The van der Waals surface area contributed by atoms with E-state index in [9.17, 15) is 4.79 Å². The van der Waals surface area contributed by atoms with Gasteiger partial charge in [-0.25, -0.2) is 4.79 Å². The first-order chi connectivity index (χ1) is 13.3. The zero-order chi connectivity index (χ0) is 18.5. The zero-order valence-corrected chi connectivity index (χ0v) is 15.9. The Morgan fingerprint density at radius 2 is 1.70 bits per heavy atom. The lowest BCUT2D eigenvalue weighted by Crippen LogP contribution is -2.48. The van der Waals surface area contributed by atoms with E-state index in [1.165, 1.54) is 16.7 Å². The van der Waals surface area contributed by atoms with Crippen LogP contribution in [0.4, 0.5) is 4.79 Å². The number of urea groups is 1. The summed E-state index contributed by atoms with van der Waals surface area (Å²) in [5, 5.41) is 6.27. The van der Waals surface area contributed by atoms with Crippen molar-refractivity contribution >= 4 is 6.03 Å². The van der Waals surface area contributed by atoms with E-state index in [4.69, 9.17) is 0 Å². The number of amides is 2. The maximum Gasteiger partial charge on any atom is 0.315 e. The first-order valence-corrected chi connectivity index (χ1v) is 10.2. The zero-order valence-electron chi connectivity index (χ0n) is 15.9. The van der Waals surface area contributed by atoms with Crippen LogP contribution in [0.15, 0.2) is 54.6 Å². The Morgan fingerprint density at radius 3 is 2.52 bits per heavy atom. The number of piperidine rings is 1. The molecule has 1 heterocycles. The number of hydrogen-bond donors (Lipinski definition) is 2. The Kier molecular flexibility index (Phi) is 5.73. The summed E-state index contributed by atoms with van der Waals surface area (Å²) in [6, 6.07) is 19.5. The Balaban J connectivity index is 1.18. The molecule has 1 aliphatic carbocycles. The average molecular weight is 364 g/mol. The summed E-state index contributed by atoms with van der Waals surface area (Å²) in [5.74, 6) is 0.458. The molecule has 0 bridgehead atoms. The lowest BCUT2D eigenvalue weighted by Gasteiger charge is -2.32. The quantitative estimate of drug-likeness (QED) is 0.851. The van der Waals surface area contributed by atoms with Crippen LogP contribution in [0, 0.1) is 0 Å². The molecule has 2 aliphatic rings. The minimum atomic E-state index is -0.0131. The van der Waals surface area contributed by atoms with Gasteiger partial charge in [0.05, 0.1) is 0 Å². The summed E-state index contributed by atoms with van der Waals surface area (Å²) in [4.78, 5) is 14.8. The van der Waals surface area contributed by atoms with Gasteiger partial charge in [0.2, 0.25) is 0 Å². The molecule has 1 saturated heterocycles. The highest BCUT2D eigenvalue weighted by Gasteiger charge is 2.24. The summed E-state index contributed by atoms with van der Waals surface area (Å²) in [5.41, 5.74) is 4.21. The first-order valence-electron chi connectivity index (χ1n) is 10.2. The van der Waals surface area contributed by atoms with Gasteiger partial charge in [-0.15, -0.1) is 0 Å². The molecule has 4 heteroatoms. The van der Waals surface area contributed by atoms with E-state index in [1.807, 2.05) is 0 Å². The van der Waals surface area contributed by atoms with Crippen LogP contribution in [0.25, 0.3) is 0 Å². The number of carbonyl (C=O) groups is 1. The van der Waals surface area contributed by atoms with E-state index in [0.29, 0.717) is 5.92 Å². The van der Waals surface area contributed by atoms with Crippen LogP contribution in [-0.2, 0) is 13.0 Å². The molecule has 27 heavy (non-hydrogen) atoms. The van der Waals surface area contributed by atoms with Gasteiger partial charge < -0.3 is 10.6 Å². The molecular weight excluding hydrogens is 334 g/mol. The van der Waals surface area contributed by atoms with Gasteiger partial charge in [0, 0.05) is 38.1 Å². The number of aryl methyl sites for hydroxylation is 1. The second-order valence-corrected chi connectivity index (χ2v) is 7.82. The van der Waals surface area contributed by atoms with E-state index in [-0.39, 0.29) is 12.1 Å². The maximum atomic E-state index is 12.3. The SMILES string of the molecule is O=C(NCC1CCc2ccccc21)NC1CCN(Cc2ccccc2)CC1. The van der Waals surface area contributed by atoms with Crippen LogP contribution in [-0.4, -0.2) is 36.6 Å². The third-order valence-corrected chi connectivity index (χ3v) is 5.94. The molecule has 4 nitrogen and oxygen atoms in total. The third kappa shape index (κ3) is 4.69. The van der Waals surface area contributed by atoms with Crippen molar-refractivity contribution in [3.63, 3.8) is 0 Å². The van der Waals surface area contributed by atoms with Crippen molar-refractivity contribution in [3.8, 4) is 0 Å². The summed E-state index contributed by atoms with van der Waals surface area (Å²) >= 11 is 0. The Bertz CT molecular complexity index is 753. The van der Waals surface area contributed by atoms with Crippen molar-refractivity contribution in [2.75, 3.05) is 19.6 Å². The fraction of sp³-hybridized carbons (Fsp3) is 0.435. The molecule has 1 unspecified atom stereocenters. The second-order valence-electron chi connectivity index (χ2n) is 7.82. The standard InChI is InChI=1S/C23H29N3O/c27-23(24-16-20-11-10-19-8-4-5-9-22(19)20)25-21-12-14-26(15-13-21)17-18-6-2-1-3-7-18/h1-9,20-21H,10-17H2,(H2,24,25,27). The fourth-order valence-electron chi connectivity index (χ4n) is 4.39. The van der Waals surface area contributed by atoms with Crippen molar-refractivity contribution in [3.05, 3.63) is 71.3 Å². The molecule has 0 spiro atoms. The van der Waals surface area contributed by atoms with E-state index in [1.54, 1.807) is 0 Å². The van der Waals surface area contributed by atoms with Gasteiger partial charge in [-0.3, -0.25) is 4.90 Å². The monoisotopic (exact) mass is 363 g/mol. The van der Waals surface area contributed by atoms with Crippen molar-refractivity contribution in [1.82, 2.24) is 15.5 Å². The highest BCUT2D eigenvalue weighted by Crippen LogP contribution is 2.32. The number of rotatable bonds is 5. The highest BCUT2D eigenvalue weighted by molar-refractivity contribution is 5.74. The largest absolute Gasteiger partial charge is 0.338 e. The molecule has 1 atom stereocenters. The summed E-state index contributed by atoms with van der Waals surface area (Å²) in [6.45, 7) is 3.81. The number of nitrogens with one attached hydrogen (secondary N) is 2. The highest BCUT2D eigenvalue weighted by atomic mass is 16.2. The second kappa shape index (κ2) is 8.57. The molecule has 1 aliphatic heterocycles. The van der Waals surface area contributed by atoms with Crippen molar-refractivity contribution in [1.29, 1.82) is 0 Å². The van der Waals surface area contributed by atoms with E-state index >= 15 is 0 Å². The summed E-state index contributed by atoms with van der Waals surface area (Å²) in [7, 11) is 0. The van der Waals surface area contributed by atoms with Crippen molar-refractivity contribution in [2.24, 2.45) is 0 Å². The van der Waals surface area contributed by atoms with Gasteiger partial charge in [0.25, 0.3) is 0 Å². The average Bonchev–Trinajstić information content (AvgIpc) is 3.12. The van der Waals surface area contributed by atoms with Gasteiger partial charge in [-0.2, -0.15) is 0 Å². The lowest BCUT2D eigenvalue weighted by molar-refractivity contribution is 0.186. The smallest absolute Gasteiger partial charge is 0.315 e. The molecule has 0 saturated carbocycles. The van der Waals surface area contributed by atoms with Crippen molar-refractivity contribution in [2.45, 2.75) is 44.2 Å². The predicted molar refractivity (Wildman–Crippen MR) is 109 cm³/mol. The Hall–Kier alpha value is -2.33. The van der Waals surface area contributed by atoms with Crippen LogP contribution in [0.2, 0.25) is 0 Å². The fourth-order valence-corrected chi connectivity index (χ4v) is 4.39. The van der Waals surface area contributed by atoms with Gasteiger partial charge in [0.1, 0.15) is 0 Å². The van der Waals surface area contributed by atoms with E-state index < -0.39 is 0 Å². The number of nitrogens with zero attached hydrogens (tertiary/aromatic N) is 1. The van der Waals surface area contributed by atoms with Gasteiger partial charge in [-0.1, -0.05) is 54.6 Å². The molecule has 2 amide bonds. The number of hydrogen-bond acceptors (Lipinski definition) is 2. The number of likely N-dealkylation sites (tertiary alicyclic amines) is 1. The predicted octanol–water partition coefficient (Wildman–Crippen LogP) is 3.68. The topological polar surface area (TPSA) is 44.4 Å². The third-order valence-electron chi connectivity index (χ3n) is 5.94. The van der Waals surface area contributed by atoms with Crippen LogP contribution in [0.5, 0.6) is 0 Å². The Labute approximate surface area is 162 Å². The van der Waals surface area contributed by atoms with Gasteiger partial charge in [0.15, 0.2) is 0 Å². The molecule has 0 radical (unpaired) electrons. The number of carbonyl (C=O) groups excluding carboxylic acids is 1. The minimum absolute atomic E-state index is 0.0131. The molecule has 0 aromatic heterocycles. The molecule has 142 valence electrons. The molecule has 4 rings (SSSR count). The van der Waals surface area contributed by atoms with Crippen LogP contribution in [0.1, 0.15) is 41.9 Å². The van der Waals surface area contributed by atoms with E-state index in [0.717, 1.165) is 51.9 Å². The maximum absolute atomic E-state index is 12.3. The van der Waals surface area contributed by atoms with Crippen molar-refractivity contribution < 1.29 is 4.79 Å². The summed E-state index contributed by atoms with van der Waals surface area (Å²) in [6.07, 6.45) is 4.31. The van der Waals surface area contributed by atoms with Crippen LogP contribution in [0.3, 0.4) is 0 Å².